The molecule has 0 N–H and O–H groups in total. The highest BCUT2D eigenvalue weighted by Crippen LogP contribution is 2.29. The summed E-state index contributed by atoms with van der Waals surface area (Å²) in [6, 6.07) is 0. The molecule has 0 heterocycles. The molecule has 12 heavy (non-hydrogen) atoms. The molecule has 0 aromatic carbocycles. The zero-order valence-corrected chi connectivity index (χ0v) is 8.52. The molecular weight excluding hydrogens is 144 g/mol. The van der Waals surface area contributed by atoms with Crippen molar-refractivity contribution < 1.29 is 0 Å². The molecule has 0 saturated heterocycles. The van der Waals surface area contributed by atoms with Crippen LogP contribution in [0.25, 0.3) is 0 Å². The predicted octanol–water partition coefficient (Wildman–Crippen LogP) is 3.87. The van der Waals surface area contributed by atoms with Crippen molar-refractivity contribution in [2.24, 2.45) is 5.41 Å². The van der Waals surface area contributed by atoms with Gasteiger partial charge in [-0.1, -0.05) is 56.2 Å². The Hall–Kier alpha value is -0.780. The second-order valence-electron chi connectivity index (χ2n) is 4.46. The summed E-state index contributed by atoms with van der Waals surface area (Å²) in [5.41, 5.74) is 3.16. The number of hydrogen-bond acceptors (Lipinski definition) is 0. The first-order valence-corrected chi connectivity index (χ1v) is 4.54. The van der Waals surface area contributed by atoms with Crippen LogP contribution in [0.5, 0.6) is 0 Å². The Balaban J connectivity index is 2.89. The van der Waals surface area contributed by atoms with Crippen LogP contribution in [-0.4, -0.2) is 0 Å². The molecule has 0 atom stereocenters. The van der Waals surface area contributed by atoms with Gasteiger partial charge in [-0.05, 0) is 18.8 Å². The Morgan fingerprint density at radius 2 is 1.83 bits per heavy atom. The van der Waals surface area contributed by atoms with E-state index >= 15 is 0 Å². The first kappa shape index (κ1) is 9.31. The molecule has 0 nitrogen and oxygen atoms in total. The molecular formula is C12H18. The van der Waals surface area contributed by atoms with Crippen LogP contribution in [0.2, 0.25) is 0 Å². The summed E-state index contributed by atoms with van der Waals surface area (Å²) in [5.74, 6) is 0. The maximum Gasteiger partial charge on any atom is -0.0127 e. The van der Waals surface area contributed by atoms with Crippen molar-refractivity contribution in [3.63, 3.8) is 0 Å². The Labute approximate surface area is 75.7 Å². The quantitative estimate of drug-likeness (QED) is 0.507. The second kappa shape index (κ2) is 3.30. The van der Waals surface area contributed by atoms with Crippen molar-refractivity contribution in [1.29, 1.82) is 0 Å². The van der Waals surface area contributed by atoms with Crippen LogP contribution < -0.4 is 0 Å². The summed E-state index contributed by atoms with van der Waals surface area (Å²) in [5, 5.41) is 0. The summed E-state index contributed by atoms with van der Waals surface area (Å²) < 4.78 is 0. The molecule has 0 amide bonds. The van der Waals surface area contributed by atoms with Gasteiger partial charge in [0.05, 0.1) is 0 Å². The summed E-state index contributed by atoms with van der Waals surface area (Å²) in [4.78, 5) is 0. The minimum Gasteiger partial charge on any atom is -0.0802 e. The molecule has 0 unspecified atom stereocenters. The van der Waals surface area contributed by atoms with Crippen molar-refractivity contribution in [3.8, 4) is 0 Å². The van der Waals surface area contributed by atoms with Crippen LogP contribution in [0.1, 0.15) is 34.1 Å². The minimum atomic E-state index is 0.311. The van der Waals surface area contributed by atoms with E-state index in [9.17, 15) is 0 Å². The molecule has 66 valence electrons. The number of hydrogen-bond donors (Lipinski definition) is 0. The van der Waals surface area contributed by atoms with Crippen molar-refractivity contribution in [2.45, 2.75) is 34.1 Å². The smallest absolute Gasteiger partial charge is 0.0127 e. The Morgan fingerprint density at radius 1 is 1.17 bits per heavy atom. The van der Waals surface area contributed by atoms with E-state index in [4.69, 9.17) is 0 Å². The summed E-state index contributed by atoms with van der Waals surface area (Å²) >= 11 is 0. The van der Waals surface area contributed by atoms with Gasteiger partial charge in [-0.15, -0.1) is 0 Å². The van der Waals surface area contributed by atoms with Crippen LogP contribution in [0.4, 0.5) is 0 Å². The highest BCUT2D eigenvalue weighted by Gasteiger charge is 2.15. The molecule has 0 bridgehead atoms. The second-order valence-corrected chi connectivity index (χ2v) is 4.46. The van der Waals surface area contributed by atoms with Crippen LogP contribution in [0.3, 0.4) is 0 Å². The Bertz CT molecular complexity index is 244. The maximum absolute atomic E-state index is 2.27. The molecule has 1 rings (SSSR count). The molecule has 0 fully saturated rings. The Morgan fingerprint density at radius 3 is 2.42 bits per heavy atom. The number of allylic oxidation sites excluding steroid dienone is 6. The number of rotatable bonds is 0. The molecule has 0 aromatic rings. The predicted molar refractivity (Wildman–Crippen MR) is 55.1 cm³/mol. The highest BCUT2D eigenvalue weighted by atomic mass is 14.2. The zero-order chi connectivity index (χ0) is 9.19. The van der Waals surface area contributed by atoms with E-state index in [1.807, 2.05) is 0 Å². The van der Waals surface area contributed by atoms with Gasteiger partial charge in [0.15, 0.2) is 0 Å². The van der Waals surface area contributed by atoms with Crippen LogP contribution in [0.15, 0.2) is 35.5 Å². The topological polar surface area (TPSA) is 0 Å². The molecule has 0 aromatic heterocycles. The third kappa shape index (κ3) is 2.37. The first-order valence-electron chi connectivity index (χ1n) is 4.54. The lowest BCUT2D eigenvalue weighted by Gasteiger charge is -2.21. The van der Waals surface area contributed by atoms with Gasteiger partial charge < -0.3 is 0 Å². The molecule has 0 radical (unpaired) electrons. The lowest BCUT2D eigenvalue weighted by molar-refractivity contribution is 0.494. The molecule has 0 saturated carbocycles. The van der Waals surface area contributed by atoms with E-state index in [2.05, 4.69) is 52.0 Å². The van der Waals surface area contributed by atoms with Gasteiger partial charge in [-0.25, -0.2) is 0 Å². The van der Waals surface area contributed by atoms with Crippen LogP contribution in [0, 0.1) is 5.41 Å². The van der Waals surface area contributed by atoms with E-state index in [-0.39, 0.29) is 0 Å². The normalized spacial score (nSPS) is 18.3. The van der Waals surface area contributed by atoms with Crippen LogP contribution in [-0.2, 0) is 0 Å². The fourth-order valence-electron chi connectivity index (χ4n) is 1.28. The van der Waals surface area contributed by atoms with Gasteiger partial charge in [0.2, 0.25) is 0 Å². The first-order chi connectivity index (χ1) is 5.50. The third-order valence-electron chi connectivity index (χ3n) is 2.23. The van der Waals surface area contributed by atoms with Gasteiger partial charge in [0.25, 0.3) is 0 Å². The van der Waals surface area contributed by atoms with E-state index in [0.717, 1.165) is 6.42 Å². The third-order valence-corrected chi connectivity index (χ3v) is 2.23. The van der Waals surface area contributed by atoms with Gasteiger partial charge in [-0.2, -0.15) is 0 Å². The molecule has 0 spiro atoms. The maximum atomic E-state index is 2.27. The van der Waals surface area contributed by atoms with E-state index < -0.39 is 0 Å². The van der Waals surface area contributed by atoms with Crippen molar-refractivity contribution >= 4 is 0 Å². The van der Waals surface area contributed by atoms with Crippen molar-refractivity contribution in [2.75, 3.05) is 0 Å². The van der Waals surface area contributed by atoms with E-state index in [1.54, 1.807) is 0 Å². The van der Waals surface area contributed by atoms with E-state index in [0.29, 0.717) is 5.41 Å². The largest absolute Gasteiger partial charge is 0.0802 e. The summed E-state index contributed by atoms with van der Waals surface area (Å²) in [6.07, 6.45) is 9.99. The van der Waals surface area contributed by atoms with Crippen LogP contribution >= 0.6 is 0 Å². The van der Waals surface area contributed by atoms with Gasteiger partial charge >= 0.3 is 0 Å². The van der Waals surface area contributed by atoms with Gasteiger partial charge in [-0.3, -0.25) is 0 Å². The average molecular weight is 162 g/mol. The molecule has 1 aliphatic carbocycles. The zero-order valence-electron chi connectivity index (χ0n) is 8.52. The SMILES string of the molecule is CC1=CC=C(C(C)(C)C)CC=C1. The monoisotopic (exact) mass is 162 g/mol. The van der Waals surface area contributed by atoms with Crippen molar-refractivity contribution in [3.05, 3.63) is 35.5 Å². The summed E-state index contributed by atoms with van der Waals surface area (Å²) in [6.45, 7) is 8.93. The molecule has 0 heteroatoms. The lowest BCUT2D eigenvalue weighted by atomic mass is 9.84. The molecule has 1 aliphatic rings. The average Bonchev–Trinajstić information content (AvgIpc) is 2.11. The highest BCUT2D eigenvalue weighted by molar-refractivity contribution is 5.31. The fourth-order valence-corrected chi connectivity index (χ4v) is 1.28. The fraction of sp³-hybridized carbons (Fsp3) is 0.500. The van der Waals surface area contributed by atoms with Gasteiger partial charge in [0, 0.05) is 0 Å². The summed E-state index contributed by atoms with van der Waals surface area (Å²) in [7, 11) is 0. The van der Waals surface area contributed by atoms with Gasteiger partial charge in [0.1, 0.15) is 0 Å². The lowest BCUT2D eigenvalue weighted by Crippen LogP contribution is -2.08. The molecule has 0 aliphatic heterocycles. The standard InChI is InChI=1S/C12H18/c1-10-6-5-7-11(9-8-10)12(2,3)4/h5-6,8-9H,7H2,1-4H3. The van der Waals surface area contributed by atoms with Crippen molar-refractivity contribution in [1.82, 2.24) is 0 Å². The van der Waals surface area contributed by atoms with E-state index in [1.165, 1.54) is 11.1 Å². The minimum absolute atomic E-state index is 0.311. The Kier molecular flexibility index (Phi) is 2.56.